The van der Waals surface area contributed by atoms with Crippen molar-refractivity contribution in [2.45, 2.75) is 40.5 Å². The summed E-state index contributed by atoms with van der Waals surface area (Å²) in [6.07, 6.45) is 10.7. The van der Waals surface area contributed by atoms with Gasteiger partial charge in [-0.05, 0) is 37.7 Å². The number of hydrogen-bond acceptors (Lipinski definition) is 2. The molecule has 1 aliphatic carbocycles. The van der Waals surface area contributed by atoms with Gasteiger partial charge < -0.3 is 4.52 Å². The summed E-state index contributed by atoms with van der Waals surface area (Å²) >= 11 is 0. The first-order chi connectivity index (χ1) is 10.5. The van der Waals surface area contributed by atoms with Gasteiger partial charge in [-0.25, -0.2) is 4.39 Å². The van der Waals surface area contributed by atoms with Crippen LogP contribution in [0.1, 0.15) is 40.5 Å². The summed E-state index contributed by atoms with van der Waals surface area (Å²) in [4.78, 5) is 0. The molecule has 0 bridgehead atoms. The van der Waals surface area contributed by atoms with Crippen LogP contribution in [0.3, 0.4) is 0 Å². The molecule has 0 spiro atoms. The van der Waals surface area contributed by atoms with Crippen molar-refractivity contribution in [1.82, 2.24) is 0 Å². The van der Waals surface area contributed by atoms with Crippen molar-refractivity contribution in [2.75, 3.05) is 6.16 Å². The summed E-state index contributed by atoms with van der Waals surface area (Å²) in [7, 11) is 0.474. The second kappa shape index (κ2) is 9.58. The van der Waals surface area contributed by atoms with Gasteiger partial charge in [0.1, 0.15) is 5.83 Å². The molecule has 0 saturated carbocycles. The Kier molecular flexibility index (Phi) is 8.11. The highest BCUT2D eigenvalue weighted by atomic mass is 31.1. The SMILES string of the molecule is CCPOC(C)=CC=C(C=[N+](O)C1=CC=C(F)CC1C)CC. The highest BCUT2D eigenvalue weighted by molar-refractivity contribution is 7.32. The van der Waals surface area contributed by atoms with Crippen molar-refractivity contribution in [3.8, 4) is 0 Å². The van der Waals surface area contributed by atoms with E-state index in [1.54, 1.807) is 12.3 Å². The van der Waals surface area contributed by atoms with Crippen LogP contribution in [0.2, 0.25) is 0 Å². The van der Waals surface area contributed by atoms with Crippen LogP contribution in [-0.2, 0) is 4.52 Å². The van der Waals surface area contributed by atoms with E-state index in [1.165, 1.54) is 6.08 Å². The average Bonchev–Trinajstić information content (AvgIpc) is 2.48. The number of allylic oxidation sites excluding steroid dienone is 8. The predicted octanol–water partition coefficient (Wildman–Crippen LogP) is 5.11. The Morgan fingerprint density at radius 1 is 1.45 bits per heavy atom. The first-order valence-corrected chi connectivity index (χ1v) is 8.75. The van der Waals surface area contributed by atoms with Gasteiger partial charge in [-0.2, -0.15) is 0 Å². The lowest BCUT2D eigenvalue weighted by molar-refractivity contribution is -0.738. The minimum absolute atomic E-state index is 0.0456. The largest absolute Gasteiger partial charge is 0.482 e. The molecule has 1 rings (SSSR count). The quantitative estimate of drug-likeness (QED) is 0.134. The van der Waals surface area contributed by atoms with Crippen LogP contribution in [0.4, 0.5) is 4.39 Å². The van der Waals surface area contributed by atoms with Crippen molar-refractivity contribution in [3.05, 3.63) is 47.2 Å². The van der Waals surface area contributed by atoms with Gasteiger partial charge in [0.25, 0.3) is 0 Å². The number of nitrogens with zero attached hydrogens (tertiary/aromatic N) is 1. The monoisotopic (exact) mass is 326 g/mol. The Bertz CT molecular complexity index is 533. The number of hydrogen-bond donors (Lipinski definition) is 1. The predicted molar refractivity (Wildman–Crippen MR) is 91.2 cm³/mol. The lowest BCUT2D eigenvalue weighted by atomic mass is 9.98. The van der Waals surface area contributed by atoms with Crippen LogP contribution in [0.25, 0.3) is 0 Å². The van der Waals surface area contributed by atoms with Crippen molar-refractivity contribution in [1.29, 1.82) is 0 Å². The summed E-state index contributed by atoms with van der Waals surface area (Å²) < 4.78 is 19.8. The van der Waals surface area contributed by atoms with Gasteiger partial charge in [-0.1, -0.05) is 20.8 Å². The third-order valence-electron chi connectivity index (χ3n) is 3.31. The van der Waals surface area contributed by atoms with Crippen LogP contribution in [0, 0.1) is 5.92 Å². The lowest BCUT2D eigenvalue weighted by Crippen LogP contribution is -2.17. The molecule has 1 N–H and O–H groups in total. The number of halogens is 1. The molecule has 2 atom stereocenters. The molecule has 0 heterocycles. The fraction of sp³-hybridized carbons (Fsp3) is 0.471. The van der Waals surface area contributed by atoms with Gasteiger partial charge in [0.05, 0.1) is 20.5 Å². The summed E-state index contributed by atoms with van der Waals surface area (Å²) in [6, 6.07) is 0. The van der Waals surface area contributed by atoms with E-state index in [-0.39, 0.29) is 11.7 Å². The van der Waals surface area contributed by atoms with E-state index in [0.717, 1.165) is 28.7 Å². The molecule has 0 aromatic heterocycles. The summed E-state index contributed by atoms with van der Waals surface area (Å²) in [5.74, 6) is 0.665. The van der Waals surface area contributed by atoms with Crippen LogP contribution >= 0.6 is 8.81 Å². The topological polar surface area (TPSA) is 32.5 Å². The zero-order chi connectivity index (χ0) is 16.5. The van der Waals surface area contributed by atoms with Gasteiger partial charge >= 0.3 is 0 Å². The highest BCUT2D eigenvalue weighted by Gasteiger charge is 2.25. The van der Waals surface area contributed by atoms with Crippen LogP contribution < -0.4 is 0 Å². The average molecular weight is 326 g/mol. The molecule has 0 aromatic rings. The Morgan fingerprint density at radius 2 is 2.18 bits per heavy atom. The van der Waals surface area contributed by atoms with Crippen molar-refractivity contribution in [2.24, 2.45) is 5.92 Å². The Balaban J connectivity index is 2.87. The van der Waals surface area contributed by atoms with Crippen molar-refractivity contribution >= 4 is 15.0 Å². The highest BCUT2D eigenvalue weighted by Crippen LogP contribution is 2.25. The van der Waals surface area contributed by atoms with Crippen molar-refractivity contribution in [3.63, 3.8) is 0 Å². The standard InChI is InChI=1S/C17H26FNO2P/c1-5-15(8-7-14(4)21-22-6-2)12-19(20)17-10-9-16(18)11-13(17)3/h7-10,12-13,20,22H,5-6,11H2,1-4H3/q+1. The Hall–Kier alpha value is -1.41. The molecule has 0 fully saturated rings. The molecule has 0 amide bonds. The molecule has 1 aliphatic rings. The molecular formula is C17H26FNO2P+. The van der Waals surface area contributed by atoms with Gasteiger partial charge in [-0.3, -0.25) is 5.21 Å². The smallest absolute Gasteiger partial charge is 0.237 e. The summed E-state index contributed by atoms with van der Waals surface area (Å²) in [6.45, 7) is 7.91. The molecule has 122 valence electrons. The second-order valence-electron chi connectivity index (χ2n) is 5.26. The van der Waals surface area contributed by atoms with Gasteiger partial charge in [0, 0.05) is 22.8 Å². The lowest BCUT2D eigenvalue weighted by Gasteiger charge is -2.11. The zero-order valence-electron chi connectivity index (χ0n) is 13.8. The number of hydroxylamine groups is 1. The van der Waals surface area contributed by atoms with E-state index in [9.17, 15) is 9.60 Å². The van der Waals surface area contributed by atoms with E-state index in [2.05, 4.69) is 6.92 Å². The van der Waals surface area contributed by atoms with Gasteiger partial charge in [0.2, 0.25) is 11.9 Å². The molecule has 2 unspecified atom stereocenters. The Morgan fingerprint density at radius 3 is 2.77 bits per heavy atom. The van der Waals surface area contributed by atoms with E-state index >= 15 is 0 Å². The summed E-state index contributed by atoms with van der Waals surface area (Å²) in [5.41, 5.74) is 1.67. The molecule has 0 aliphatic heterocycles. The maximum Gasteiger partial charge on any atom is 0.237 e. The van der Waals surface area contributed by atoms with Gasteiger partial charge in [0.15, 0.2) is 0 Å². The van der Waals surface area contributed by atoms with Crippen LogP contribution in [-0.4, -0.2) is 22.3 Å². The normalized spacial score (nSPS) is 21.1. The van der Waals surface area contributed by atoms with E-state index < -0.39 is 0 Å². The molecule has 3 nitrogen and oxygen atoms in total. The van der Waals surface area contributed by atoms with Crippen molar-refractivity contribution < 1.29 is 18.9 Å². The number of rotatable bonds is 7. The van der Waals surface area contributed by atoms with E-state index in [4.69, 9.17) is 4.52 Å². The van der Waals surface area contributed by atoms with Gasteiger partial charge in [-0.15, -0.1) is 0 Å². The summed E-state index contributed by atoms with van der Waals surface area (Å²) in [5, 5.41) is 10.2. The Labute approximate surface area is 134 Å². The first-order valence-electron chi connectivity index (χ1n) is 7.64. The minimum Gasteiger partial charge on any atom is -0.482 e. The molecule has 22 heavy (non-hydrogen) atoms. The minimum atomic E-state index is -0.150. The van der Waals surface area contributed by atoms with E-state index in [1.807, 2.05) is 32.9 Å². The molecule has 0 aromatic carbocycles. The fourth-order valence-corrected chi connectivity index (χ4v) is 2.48. The third-order valence-corrected chi connectivity index (χ3v) is 4.07. The fourth-order valence-electron chi connectivity index (χ4n) is 2.04. The maximum absolute atomic E-state index is 13.2. The van der Waals surface area contributed by atoms with Crippen LogP contribution in [0.5, 0.6) is 0 Å². The molecule has 5 heteroatoms. The second-order valence-corrected chi connectivity index (χ2v) is 6.46. The molecule has 0 radical (unpaired) electrons. The first kappa shape index (κ1) is 18.6. The maximum atomic E-state index is 13.2. The molecular weight excluding hydrogens is 300 g/mol. The van der Waals surface area contributed by atoms with Crippen LogP contribution in [0.15, 0.2) is 47.2 Å². The molecule has 0 saturated heterocycles. The third kappa shape index (κ3) is 6.15. The van der Waals surface area contributed by atoms with E-state index in [0.29, 0.717) is 20.9 Å². The zero-order valence-corrected chi connectivity index (χ0v) is 14.8.